The first-order chi connectivity index (χ1) is 13.5. The highest BCUT2D eigenvalue weighted by Gasteiger charge is 2.08. The van der Waals surface area contributed by atoms with Gasteiger partial charge < -0.3 is 10.6 Å². The molecule has 0 aliphatic carbocycles. The Labute approximate surface area is 163 Å². The number of benzene rings is 2. The van der Waals surface area contributed by atoms with Gasteiger partial charge in [-0.15, -0.1) is 0 Å². The third-order valence-corrected chi connectivity index (χ3v) is 4.09. The Balaban J connectivity index is 1.56. The smallest absolute Gasteiger partial charge is 0.244 e. The number of amides is 2. The largest absolute Gasteiger partial charge is 0.346 e. The summed E-state index contributed by atoms with van der Waals surface area (Å²) in [5.41, 5.74) is 3.49. The van der Waals surface area contributed by atoms with Crippen LogP contribution in [0.5, 0.6) is 0 Å². The molecule has 28 heavy (non-hydrogen) atoms. The van der Waals surface area contributed by atoms with Crippen molar-refractivity contribution in [3.05, 3.63) is 78.4 Å². The Morgan fingerprint density at radius 3 is 2.39 bits per heavy atom. The summed E-state index contributed by atoms with van der Waals surface area (Å²) in [5, 5.41) is 9.73. The molecular weight excluding hydrogens is 354 g/mol. The van der Waals surface area contributed by atoms with Gasteiger partial charge in [-0.05, 0) is 48.4 Å². The molecule has 0 aliphatic heterocycles. The molecule has 0 saturated carbocycles. The molecule has 1 aromatic heterocycles. The summed E-state index contributed by atoms with van der Waals surface area (Å²) in [5.74, 6) is -0.301. The summed E-state index contributed by atoms with van der Waals surface area (Å²) in [6.45, 7) is 3.39. The van der Waals surface area contributed by atoms with Gasteiger partial charge in [0.05, 0.1) is 11.7 Å². The average molecular weight is 375 g/mol. The molecule has 142 valence electrons. The maximum Gasteiger partial charge on any atom is 0.244 e. The summed E-state index contributed by atoms with van der Waals surface area (Å²) in [4.78, 5) is 27.1. The van der Waals surface area contributed by atoms with Crippen LogP contribution in [0.1, 0.15) is 31.0 Å². The van der Waals surface area contributed by atoms with Crippen molar-refractivity contribution in [1.82, 2.24) is 20.1 Å². The molecule has 3 rings (SSSR count). The van der Waals surface area contributed by atoms with Gasteiger partial charge in [-0.1, -0.05) is 24.3 Å². The molecule has 1 atom stereocenters. The summed E-state index contributed by atoms with van der Waals surface area (Å²) in [6, 6.07) is 14.9. The van der Waals surface area contributed by atoms with Crippen LogP contribution in [0, 0.1) is 0 Å². The van der Waals surface area contributed by atoms with E-state index >= 15 is 0 Å². The number of anilines is 1. The number of hydrogen-bond acceptors (Lipinski definition) is 4. The molecule has 2 N–H and O–H groups in total. The number of carbonyl (C=O) groups excluding carboxylic acids is 2. The second-order valence-electron chi connectivity index (χ2n) is 6.30. The van der Waals surface area contributed by atoms with E-state index < -0.39 is 0 Å². The predicted molar refractivity (Wildman–Crippen MR) is 108 cm³/mol. The van der Waals surface area contributed by atoms with Gasteiger partial charge in [0.15, 0.2) is 0 Å². The van der Waals surface area contributed by atoms with Crippen molar-refractivity contribution in [3.63, 3.8) is 0 Å². The maximum atomic E-state index is 12.2. The monoisotopic (exact) mass is 375 g/mol. The van der Waals surface area contributed by atoms with Crippen molar-refractivity contribution in [2.24, 2.45) is 0 Å². The van der Waals surface area contributed by atoms with Crippen LogP contribution in [0.2, 0.25) is 0 Å². The van der Waals surface area contributed by atoms with E-state index in [0.29, 0.717) is 0 Å². The van der Waals surface area contributed by atoms with Gasteiger partial charge in [-0.3, -0.25) is 9.59 Å². The lowest BCUT2D eigenvalue weighted by atomic mass is 10.1. The minimum Gasteiger partial charge on any atom is -0.346 e. The van der Waals surface area contributed by atoms with Crippen molar-refractivity contribution < 1.29 is 9.59 Å². The van der Waals surface area contributed by atoms with Crippen molar-refractivity contribution in [1.29, 1.82) is 0 Å². The van der Waals surface area contributed by atoms with Crippen LogP contribution in [0.15, 0.2) is 67.3 Å². The fourth-order valence-corrected chi connectivity index (χ4v) is 2.65. The molecule has 2 amide bonds. The van der Waals surface area contributed by atoms with Crippen molar-refractivity contribution >= 4 is 23.6 Å². The zero-order valence-corrected chi connectivity index (χ0v) is 15.7. The van der Waals surface area contributed by atoms with E-state index in [1.54, 1.807) is 29.2 Å². The fourth-order valence-electron chi connectivity index (χ4n) is 2.65. The molecule has 3 aromatic rings. The SMILES string of the molecule is CC(=O)Nc1ccc(/C=C/C(=O)NC(C)c2ccc(-n3cncn3)cc2)cc1. The van der Waals surface area contributed by atoms with Gasteiger partial charge in [0, 0.05) is 18.7 Å². The van der Waals surface area contributed by atoms with E-state index in [1.807, 2.05) is 43.3 Å². The Kier molecular flexibility index (Phi) is 5.96. The van der Waals surface area contributed by atoms with E-state index in [1.165, 1.54) is 19.3 Å². The van der Waals surface area contributed by atoms with E-state index in [2.05, 4.69) is 20.7 Å². The molecule has 0 aliphatic rings. The summed E-state index contributed by atoms with van der Waals surface area (Å²) in [6.07, 6.45) is 6.34. The Morgan fingerprint density at radius 1 is 1.07 bits per heavy atom. The third-order valence-electron chi connectivity index (χ3n) is 4.09. The Hall–Kier alpha value is -3.74. The normalized spacial score (nSPS) is 11.9. The quantitative estimate of drug-likeness (QED) is 0.648. The van der Waals surface area contributed by atoms with Crippen LogP contribution < -0.4 is 10.6 Å². The van der Waals surface area contributed by atoms with Gasteiger partial charge >= 0.3 is 0 Å². The standard InChI is InChI=1S/C21H21N5O2/c1-15(18-6-10-20(11-7-18)26-14-22-13-23-26)24-21(28)12-5-17-3-8-19(9-4-17)25-16(2)27/h3-15H,1-2H3,(H,24,28)(H,25,27)/b12-5+. The first-order valence-corrected chi connectivity index (χ1v) is 8.82. The summed E-state index contributed by atoms with van der Waals surface area (Å²) in [7, 11) is 0. The number of nitrogens with one attached hydrogen (secondary N) is 2. The van der Waals surface area contributed by atoms with Crippen LogP contribution >= 0.6 is 0 Å². The molecule has 0 saturated heterocycles. The summed E-state index contributed by atoms with van der Waals surface area (Å²) < 4.78 is 1.67. The molecule has 7 heteroatoms. The molecule has 7 nitrogen and oxygen atoms in total. The number of carbonyl (C=O) groups is 2. The zero-order chi connectivity index (χ0) is 19.9. The van der Waals surface area contributed by atoms with E-state index in [0.717, 1.165) is 22.5 Å². The van der Waals surface area contributed by atoms with Gasteiger partial charge in [0.1, 0.15) is 12.7 Å². The van der Waals surface area contributed by atoms with Crippen LogP contribution in [0.4, 0.5) is 5.69 Å². The summed E-state index contributed by atoms with van der Waals surface area (Å²) >= 11 is 0. The zero-order valence-electron chi connectivity index (χ0n) is 15.7. The number of hydrogen-bond donors (Lipinski definition) is 2. The van der Waals surface area contributed by atoms with Crippen LogP contribution in [0.25, 0.3) is 11.8 Å². The lowest BCUT2D eigenvalue weighted by Crippen LogP contribution is -2.24. The number of rotatable bonds is 6. The average Bonchev–Trinajstić information content (AvgIpc) is 3.22. The molecule has 0 bridgehead atoms. The highest BCUT2D eigenvalue weighted by atomic mass is 16.2. The van der Waals surface area contributed by atoms with Crippen molar-refractivity contribution in [3.8, 4) is 5.69 Å². The van der Waals surface area contributed by atoms with E-state index in [9.17, 15) is 9.59 Å². The lowest BCUT2D eigenvalue weighted by molar-refractivity contribution is -0.117. The molecule has 1 heterocycles. The highest BCUT2D eigenvalue weighted by Crippen LogP contribution is 2.15. The van der Waals surface area contributed by atoms with Crippen LogP contribution in [0.3, 0.4) is 0 Å². The van der Waals surface area contributed by atoms with Gasteiger partial charge in [-0.25, -0.2) is 9.67 Å². The van der Waals surface area contributed by atoms with E-state index in [-0.39, 0.29) is 17.9 Å². The van der Waals surface area contributed by atoms with Crippen LogP contribution in [-0.4, -0.2) is 26.6 Å². The third kappa shape index (κ3) is 5.14. The van der Waals surface area contributed by atoms with Crippen LogP contribution in [-0.2, 0) is 9.59 Å². The van der Waals surface area contributed by atoms with Crippen molar-refractivity contribution in [2.45, 2.75) is 19.9 Å². The fraction of sp³-hybridized carbons (Fsp3) is 0.143. The Morgan fingerprint density at radius 2 is 1.79 bits per heavy atom. The molecule has 2 aromatic carbocycles. The first-order valence-electron chi connectivity index (χ1n) is 8.82. The van der Waals surface area contributed by atoms with Gasteiger partial charge in [0.25, 0.3) is 0 Å². The second-order valence-corrected chi connectivity index (χ2v) is 6.30. The topological polar surface area (TPSA) is 88.9 Å². The molecule has 0 fully saturated rings. The minimum atomic E-state index is -0.182. The van der Waals surface area contributed by atoms with Gasteiger partial charge in [-0.2, -0.15) is 5.10 Å². The predicted octanol–water partition coefficient (Wildman–Crippen LogP) is 3.12. The maximum absolute atomic E-state index is 12.2. The molecule has 0 radical (unpaired) electrons. The lowest BCUT2D eigenvalue weighted by Gasteiger charge is -2.13. The van der Waals surface area contributed by atoms with E-state index in [4.69, 9.17) is 0 Å². The molecule has 0 spiro atoms. The Bertz CT molecular complexity index is 961. The second kappa shape index (κ2) is 8.77. The van der Waals surface area contributed by atoms with Crippen molar-refractivity contribution in [2.75, 3.05) is 5.32 Å². The minimum absolute atomic E-state index is 0.119. The number of nitrogens with zero attached hydrogens (tertiary/aromatic N) is 3. The molecular formula is C21H21N5O2. The number of aromatic nitrogens is 3. The first kappa shape index (κ1) is 19.0. The van der Waals surface area contributed by atoms with Gasteiger partial charge in [0.2, 0.25) is 11.8 Å². The highest BCUT2D eigenvalue weighted by molar-refractivity contribution is 5.92. The molecule has 1 unspecified atom stereocenters.